The van der Waals surface area contributed by atoms with Crippen LogP contribution in [0.15, 0.2) is 36.4 Å². The van der Waals surface area contributed by atoms with Crippen LogP contribution >= 0.6 is 0 Å². The molecule has 0 saturated heterocycles. The Morgan fingerprint density at radius 2 is 1.34 bits per heavy atom. The van der Waals surface area contributed by atoms with Crippen molar-refractivity contribution in [1.29, 1.82) is 0 Å². The lowest BCUT2D eigenvalue weighted by Gasteiger charge is -2.22. The van der Waals surface area contributed by atoms with Crippen molar-refractivity contribution < 1.29 is 49.2 Å². The first kappa shape index (κ1) is 22.0. The van der Waals surface area contributed by atoms with Crippen molar-refractivity contribution in [3.05, 3.63) is 65.0 Å². The minimum atomic E-state index is -5.96. The van der Waals surface area contributed by atoms with Gasteiger partial charge >= 0.3 is 18.1 Å². The number of halogens is 9. The number of imide groups is 1. The van der Waals surface area contributed by atoms with E-state index >= 15 is 0 Å². The molecule has 0 fully saturated rings. The molecule has 0 aromatic heterocycles. The van der Waals surface area contributed by atoms with Crippen molar-refractivity contribution in [2.45, 2.75) is 12.1 Å². The van der Waals surface area contributed by atoms with E-state index < -0.39 is 58.3 Å². The summed E-state index contributed by atoms with van der Waals surface area (Å²) in [6, 6.07) is -0.668. The molecule has 0 bridgehead atoms. The summed E-state index contributed by atoms with van der Waals surface area (Å²) < 4.78 is 117. The molecule has 0 aliphatic heterocycles. The van der Waals surface area contributed by atoms with E-state index in [0.29, 0.717) is 17.7 Å². The number of hydrogen-bond acceptors (Lipinski definition) is 2. The maximum Gasteiger partial charge on any atom is 0.458 e. The SMILES string of the molecule is O=C(NF)N(C(=O)c1c(F)cc(F)cc1F)c1ccc(C(F)(F)C(F)(F)F)cc1. The number of nitrogens with one attached hydrogen (secondary N) is 1. The van der Waals surface area contributed by atoms with Crippen LogP contribution in [0.5, 0.6) is 0 Å². The predicted molar refractivity (Wildman–Crippen MR) is 79.2 cm³/mol. The molecular weight excluding hydrogens is 423 g/mol. The fraction of sp³-hybridized carbons (Fsp3) is 0.125. The summed E-state index contributed by atoms with van der Waals surface area (Å²) in [5, 5.41) is 0. The Kier molecular flexibility index (Phi) is 5.81. The van der Waals surface area contributed by atoms with Gasteiger partial charge in [-0.05, 0) is 12.1 Å². The van der Waals surface area contributed by atoms with Gasteiger partial charge in [-0.3, -0.25) is 4.79 Å². The molecule has 156 valence electrons. The van der Waals surface area contributed by atoms with Gasteiger partial charge in [-0.15, -0.1) is 0 Å². The van der Waals surface area contributed by atoms with Gasteiger partial charge in [-0.2, -0.15) is 27.5 Å². The predicted octanol–water partition coefficient (Wildman–Crippen LogP) is 5.00. The van der Waals surface area contributed by atoms with Gasteiger partial charge in [0.15, 0.2) is 0 Å². The molecule has 0 aliphatic carbocycles. The molecular formula is C16H7F9N2O2. The average molecular weight is 430 g/mol. The molecule has 0 atom stereocenters. The largest absolute Gasteiger partial charge is 0.458 e. The van der Waals surface area contributed by atoms with Gasteiger partial charge in [0.25, 0.3) is 5.91 Å². The van der Waals surface area contributed by atoms with Crippen LogP contribution in [0, 0.1) is 17.5 Å². The molecule has 2 aromatic carbocycles. The maximum absolute atomic E-state index is 13.8. The maximum atomic E-state index is 13.8. The smallest absolute Gasteiger partial charge is 0.268 e. The third-order valence-electron chi connectivity index (χ3n) is 3.55. The molecule has 29 heavy (non-hydrogen) atoms. The molecule has 13 heteroatoms. The first-order valence-electron chi connectivity index (χ1n) is 7.26. The molecule has 2 rings (SSSR count). The van der Waals surface area contributed by atoms with Crippen molar-refractivity contribution >= 4 is 17.6 Å². The van der Waals surface area contributed by atoms with Crippen LogP contribution in [0.25, 0.3) is 0 Å². The lowest BCUT2D eigenvalue weighted by molar-refractivity contribution is -0.289. The van der Waals surface area contributed by atoms with E-state index in [1.54, 1.807) is 0 Å². The third kappa shape index (κ3) is 4.12. The number of nitrogens with zero attached hydrogens (tertiary/aromatic N) is 1. The normalized spacial score (nSPS) is 11.9. The molecule has 2 aromatic rings. The lowest BCUT2D eigenvalue weighted by Crippen LogP contribution is -2.42. The van der Waals surface area contributed by atoms with E-state index in [2.05, 4.69) is 0 Å². The number of anilines is 1. The minimum Gasteiger partial charge on any atom is -0.268 e. The van der Waals surface area contributed by atoms with Crippen molar-refractivity contribution in [1.82, 2.24) is 5.54 Å². The van der Waals surface area contributed by atoms with Gasteiger partial charge in [0.05, 0.1) is 5.69 Å². The quantitative estimate of drug-likeness (QED) is 0.551. The lowest BCUT2D eigenvalue weighted by atomic mass is 10.1. The Bertz CT molecular complexity index is 919. The number of alkyl halides is 5. The number of amides is 3. The van der Waals surface area contributed by atoms with E-state index in [4.69, 9.17) is 0 Å². The van der Waals surface area contributed by atoms with E-state index in [9.17, 15) is 49.2 Å². The van der Waals surface area contributed by atoms with Gasteiger partial charge in [0.1, 0.15) is 23.0 Å². The summed E-state index contributed by atoms with van der Waals surface area (Å²) in [7, 11) is 0. The van der Waals surface area contributed by atoms with Crippen molar-refractivity contribution in [3.63, 3.8) is 0 Å². The number of benzene rings is 2. The Labute approximate surface area is 155 Å². The highest BCUT2D eigenvalue weighted by Gasteiger charge is 2.58. The number of carbonyl (C=O) groups excluding carboxylic acids is 2. The second-order valence-corrected chi connectivity index (χ2v) is 5.40. The van der Waals surface area contributed by atoms with Crippen LogP contribution < -0.4 is 10.4 Å². The Balaban J connectivity index is 2.52. The van der Waals surface area contributed by atoms with Crippen LogP contribution in [-0.4, -0.2) is 18.1 Å². The molecule has 0 aliphatic rings. The number of rotatable bonds is 3. The highest BCUT2D eigenvalue weighted by molar-refractivity contribution is 6.20. The topological polar surface area (TPSA) is 49.4 Å². The van der Waals surface area contributed by atoms with Crippen LogP contribution in [0.3, 0.4) is 0 Å². The fourth-order valence-electron chi connectivity index (χ4n) is 2.21. The zero-order valence-corrected chi connectivity index (χ0v) is 13.6. The molecule has 1 N–H and O–H groups in total. The monoisotopic (exact) mass is 430 g/mol. The van der Waals surface area contributed by atoms with Gasteiger partial charge in [-0.25, -0.2) is 22.9 Å². The Morgan fingerprint density at radius 1 is 0.862 bits per heavy atom. The molecule has 0 spiro atoms. The van der Waals surface area contributed by atoms with Gasteiger partial charge < -0.3 is 0 Å². The highest BCUT2D eigenvalue weighted by atomic mass is 19.4. The fourth-order valence-corrected chi connectivity index (χ4v) is 2.21. The molecule has 0 radical (unpaired) electrons. The van der Waals surface area contributed by atoms with Gasteiger partial charge in [0.2, 0.25) is 0 Å². The number of carbonyl (C=O) groups is 2. The second kappa shape index (κ2) is 7.64. The van der Waals surface area contributed by atoms with Gasteiger partial charge in [0, 0.05) is 17.7 Å². The highest BCUT2D eigenvalue weighted by Crippen LogP contribution is 2.44. The van der Waals surface area contributed by atoms with E-state index in [0.717, 1.165) is 0 Å². The standard InChI is InChI=1S/C16H7F9N2O2/c17-8-5-10(18)12(11(19)6-8)13(28)27(14(29)26-25)9-3-1-7(2-4-9)15(20,21)16(22,23)24/h1-6H,(H,26,29). The summed E-state index contributed by atoms with van der Waals surface area (Å²) in [6.45, 7) is 0. The minimum absolute atomic E-state index is 0.0782. The first-order chi connectivity index (χ1) is 13.3. The molecule has 4 nitrogen and oxygen atoms in total. The van der Waals surface area contributed by atoms with E-state index in [1.807, 2.05) is 0 Å². The summed E-state index contributed by atoms with van der Waals surface area (Å²) in [5.74, 6) is -12.1. The second-order valence-electron chi connectivity index (χ2n) is 5.40. The summed E-state index contributed by atoms with van der Waals surface area (Å²) in [5.41, 5.74) is -3.44. The van der Waals surface area contributed by atoms with Crippen LogP contribution in [0.2, 0.25) is 0 Å². The van der Waals surface area contributed by atoms with E-state index in [-0.39, 0.29) is 29.2 Å². The van der Waals surface area contributed by atoms with Crippen molar-refractivity contribution in [3.8, 4) is 0 Å². The van der Waals surface area contributed by atoms with Gasteiger partial charge in [-0.1, -0.05) is 16.6 Å². The first-order valence-corrected chi connectivity index (χ1v) is 7.26. The third-order valence-corrected chi connectivity index (χ3v) is 3.55. The average Bonchev–Trinajstić information content (AvgIpc) is 2.60. The van der Waals surface area contributed by atoms with Crippen LogP contribution in [-0.2, 0) is 5.92 Å². The van der Waals surface area contributed by atoms with Crippen LogP contribution in [0.1, 0.15) is 15.9 Å². The number of hydrogen-bond donors (Lipinski definition) is 1. The molecule has 0 unspecified atom stereocenters. The summed E-state index contributed by atoms with van der Waals surface area (Å²) in [6.07, 6.45) is -5.96. The summed E-state index contributed by atoms with van der Waals surface area (Å²) >= 11 is 0. The summed E-state index contributed by atoms with van der Waals surface area (Å²) in [4.78, 5) is 23.7. The zero-order chi connectivity index (χ0) is 22.1. The molecule has 0 heterocycles. The zero-order valence-electron chi connectivity index (χ0n) is 13.6. The number of urea groups is 1. The molecule has 3 amide bonds. The Morgan fingerprint density at radius 3 is 1.76 bits per heavy atom. The molecule has 0 saturated carbocycles. The Hall–Kier alpha value is -3.25. The van der Waals surface area contributed by atoms with Crippen molar-refractivity contribution in [2.75, 3.05) is 4.90 Å². The van der Waals surface area contributed by atoms with Crippen LogP contribution in [0.4, 0.5) is 50.1 Å². The van der Waals surface area contributed by atoms with E-state index in [1.165, 1.54) is 0 Å². The van der Waals surface area contributed by atoms with Crippen molar-refractivity contribution in [2.24, 2.45) is 0 Å².